The summed E-state index contributed by atoms with van der Waals surface area (Å²) in [7, 11) is 2.00. The number of nitrogens with zero attached hydrogens (tertiary/aromatic N) is 3. The molecule has 1 unspecified atom stereocenters. The fourth-order valence-electron chi connectivity index (χ4n) is 4.24. The van der Waals surface area contributed by atoms with Crippen LogP contribution in [0.15, 0.2) is 46.6 Å². The van der Waals surface area contributed by atoms with E-state index in [1.165, 1.54) is 6.07 Å². The topological polar surface area (TPSA) is 57.2 Å². The molecule has 4 rings (SSSR count). The van der Waals surface area contributed by atoms with Crippen molar-refractivity contribution in [3.05, 3.63) is 81.0 Å². The SMILES string of the molecule is CCOC(=O)C1=C(CN2CCN(C)CC2)NC(c2c(F)cc(F)cc2F)=NC1c1ccc(F)cc1Cl. The Balaban J connectivity index is 1.87. The monoisotopic (exact) mass is 524 g/mol. The second kappa shape index (κ2) is 11.0. The molecule has 2 aromatic rings. The maximum atomic E-state index is 14.8. The summed E-state index contributed by atoms with van der Waals surface area (Å²) in [5.41, 5.74) is 0.0739. The largest absolute Gasteiger partial charge is 0.463 e. The maximum Gasteiger partial charge on any atom is 0.338 e. The summed E-state index contributed by atoms with van der Waals surface area (Å²) >= 11 is 6.32. The van der Waals surface area contributed by atoms with E-state index in [1.54, 1.807) is 6.92 Å². The fourth-order valence-corrected chi connectivity index (χ4v) is 4.51. The molecule has 0 bridgehead atoms. The van der Waals surface area contributed by atoms with Crippen molar-refractivity contribution in [2.45, 2.75) is 13.0 Å². The molecule has 0 spiro atoms. The Bertz CT molecular complexity index is 1210. The highest BCUT2D eigenvalue weighted by atomic mass is 35.5. The highest BCUT2D eigenvalue weighted by Gasteiger charge is 2.35. The molecule has 1 atom stereocenters. The van der Waals surface area contributed by atoms with E-state index in [1.807, 2.05) is 7.05 Å². The summed E-state index contributed by atoms with van der Waals surface area (Å²) in [5.74, 6) is -4.95. The molecule has 2 aliphatic heterocycles. The number of nitrogens with one attached hydrogen (secondary N) is 1. The van der Waals surface area contributed by atoms with Crippen LogP contribution in [0.2, 0.25) is 5.02 Å². The summed E-state index contributed by atoms with van der Waals surface area (Å²) < 4.78 is 62.2. The van der Waals surface area contributed by atoms with Crippen LogP contribution in [0.4, 0.5) is 17.6 Å². The predicted molar refractivity (Wildman–Crippen MR) is 128 cm³/mol. The number of carbonyl (C=O) groups is 1. The van der Waals surface area contributed by atoms with Crippen LogP contribution in [0.25, 0.3) is 0 Å². The van der Waals surface area contributed by atoms with Crippen molar-refractivity contribution in [3.63, 3.8) is 0 Å². The van der Waals surface area contributed by atoms with Gasteiger partial charge in [0, 0.05) is 61.1 Å². The van der Waals surface area contributed by atoms with Gasteiger partial charge in [0.25, 0.3) is 0 Å². The van der Waals surface area contributed by atoms with E-state index in [2.05, 4.69) is 20.1 Å². The molecule has 0 aromatic heterocycles. The minimum atomic E-state index is -1.17. The molecular formula is C25H25ClF4N4O2. The highest BCUT2D eigenvalue weighted by Crippen LogP contribution is 2.37. The van der Waals surface area contributed by atoms with Crippen LogP contribution in [-0.4, -0.2) is 68.0 Å². The lowest BCUT2D eigenvalue weighted by Crippen LogP contribution is -2.47. The smallest absolute Gasteiger partial charge is 0.338 e. The Hall–Kier alpha value is -2.95. The lowest BCUT2D eigenvalue weighted by atomic mass is 9.94. The molecule has 1 saturated heterocycles. The number of hydrogen-bond acceptors (Lipinski definition) is 6. The second-order valence-corrected chi connectivity index (χ2v) is 9.01. The van der Waals surface area contributed by atoms with Crippen LogP contribution in [0.1, 0.15) is 24.1 Å². The molecule has 2 aromatic carbocycles. The maximum absolute atomic E-state index is 14.8. The summed E-state index contributed by atoms with van der Waals surface area (Å²) in [5, 5.41) is 2.88. The van der Waals surface area contributed by atoms with Gasteiger partial charge in [-0.2, -0.15) is 0 Å². The zero-order valence-electron chi connectivity index (χ0n) is 19.8. The molecule has 11 heteroatoms. The number of carbonyl (C=O) groups excluding carboxylic acids is 1. The van der Waals surface area contributed by atoms with E-state index in [4.69, 9.17) is 16.3 Å². The van der Waals surface area contributed by atoms with E-state index in [9.17, 15) is 22.4 Å². The van der Waals surface area contributed by atoms with Crippen LogP contribution in [-0.2, 0) is 9.53 Å². The third-order valence-corrected chi connectivity index (χ3v) is 6.43. The molecule has 0 radical (unpaired) electrons. The first-order chi connectivity index (χ1) is 17.2. The van der Waals surface area contributed by atoms with Gasteiger partial charge in [-0.1, -0.05) is 17.7 Å². The number of benzene rings is 2. The number of hydrogen-bond donors (Lipinski definition) is 1. The number of esters is 1. The van der Waals surface area contributed by atoms with Crippen molar-refractivity contribution in [1.82, 2.24) is 15.1 Å². The van der Waals surface area contributed by atoms with E-state index in [0.29, 0.717) is 30.9 Å². The van der Waals surface area contributed by atoms with Crippen molar-refractivity contribution < 1.29 is 27.1 Å². The molecule has 1 fully saturated rings. The molecule has 6 nitrogen and oxygen atoms in total. The Labute approximate surface area is 211 Å². The Kier molecular flexibility index (Phi) is 7.97. The molecule has 36 heavy (non-hydrogen) atoms. The number of ether oxygens (including phenoxy) is 1. The quantitative estimate of drug-likeness (QED) is 0.456. The third-order valence-electron chi connectivity index (χ3n) is 6.10. The van der Waals surface area contributed by atoms with E-state index < -0.39 is 40.8 Å². The Morgan fingerprint density at radius 3 is 2.36 bits per heavy atom. The van der Waals surface area contributed by atoms with E-state index in [0.717, 1.165) is 25.2 Å². The van der Waals surface area contributed by atoms with E-state index in [-0.39, 0.29) is 35.1 Å². The van der Waals surface area contributed by atoms with Crippen LogP contribution in [0.5, 0.6) is 0 Å². The molecule has 192 valence electrons. The third kappa shape index (κ3) is 5.55. The zero-order valence-corrected chi connectivity index (χ0v) is 20.5. The highest BCUT2D eigenvalue weighted by molar-refractivity contribution is 6.31. The standard InChI is InChI=1S/C25H25ClF4N4O2/c1-3-36-25(35)22-20(13-34-8-6-33(2)7-9-34)31-24(21-18(29)11-15(28)12-19(21)30)32-23(22)16-5-4-14(27)10-17(16)26/h4-5,10-12,23H,3,6-9,13H2,1-2H3,(H,31,32). The van der Waals surface area contributed by atoms with Gasteiger partial charge >= 0.3 is 5.97 Å². The minimum Gasteiger partial charge on any atom is -0.463 e. The van der Waals surface area contributed by atoms with Gasteiger partial charge in [-0.25, -0.2) is 22.4 Å². The van der Waals surface area contributed by atoms with Crippen molar-refractivity contribution >= 4 is 23.4 Å². The van der Waals surface area contributed by atoms with Gasteiger partial charge in [0.2, 0.25) is 0 Å². The Morgan fingerprint density at radius 1 is 1.08 bits per heavy atom. The lowest BCUT2D eigenvalue weighted by Gasteiger charge is -2.35. The number of halogens is 5. The second-order valence-electron chi connectivity index (χ2n) is 8.61. The van der Waals surface area contributed by atoms with Crippen molar-refractivity contribution in [1.29, 1.82) is 0 Å². The number of likely N-dealkylation sites (N-methyl/N-ethyl adjacent to an activating group) is 1. The summed E-state index contributed by atoms with van der Waals surface area (Å²) in [6, 6.07) is 3.52. The fraction of sp³-hybridized carbons (Fsp3) is 0.360. The van der Waals surface area contributed by atoms with Crippen molar-refractivity contribution in [2.75, 3.05) is 46.4 Å². The van der Waals surface area contributed by atoms with Gasteiger partial charge in [-0.15, -0.1) is 0 Å². The molecule has 0 aliphatic carbocycles. The first-order valence-corrected chi connectivity index (χ1v) is 11.8. The normalized spacial score (nSPS) is 19.2. The molecule has 0 saturated carbocycles. The average Bonchev–Trinajstić information content (AvgIpc) is 2.80. The number of rotatable bonds is 6. The Morgan fingerprint density at radius 2 is 1.75 bits per heavy atom. The summed E-state index contributed by atoms with van der Waals surface area (Å²) in [6.45, 7) is 4.89. The van der Waals surface area contributed by atoms with Gasteiger partial charge in [-0.3, -0.25) is 9.89 Å². The lowest BCUT2D eigenvalue weighted by molar-refractivity contribution is -0.139. The first-order valence-electron chi connectivity index (χ1n) is 11.4. The minimum absolute atomic E-state index is 0.0224. The van der Waals surface area contributed by atoms with Crippen molar-refractivity contribution in [3.8, 4) is 0 Å². The van der Waals surface area contributed by atoms with Crippen LogP contribution >= 0.6 is 11.6 Å². The predicted octanol–water partition coefficient (Wildman–Crippen LogP) is 4.05. The average molecular weight is 525 g/mol. The van der Waals surface area contributed by atoms with Gasteiger partial charge in [0.05, 0.1) is 17.7 Å². The molecule has 2 aliphatic rings. The number of piperazine rings is 1. The van der Waals surface area contributed by atoms with E-state index >= 15 is 0 Å². The van der Waals surface area contributed by atoms with Crippen LogP contribution in [0, 0.1) is 23.3 Å². The van der Waals surface area contributed by atoms with Crippen LogP contribution < -0.4 is 5.32 Å². The zero-order chi connectivity index (χ0) is 26.0. The summed E-state index contributed by atoms with van der Waals surface area (Å²) in [6.07, 6.45) is 0. The van der Waals surface area contributed by atoms with Crippen LogP contribution in [0.3, 0.4) is 0 Å². The van der Waals surface area contributed by atoms with Gasteiger partial charge in [-0.05, 0) is 26.1 Å². The molecule has 0 amide bonds. The molecule has 2 heterocycles. The van der Waals surface area contributed by atoms with Gasteiger partial charge in [0.1, 0.15) is 35.1 Å². The van der Waals surface area contributed by atoms with Gasteiger partial charge in [0.15, 0.2) is 0 Å². The molecular weight excluding hydrogens is 500 g/mol. The first kappa shape index (κ1) is 26.1. The summed E-state index contributed by atoms with van der Waals surface area (Å²) in [4.78, 5) is 21.8. The van der Waals surface area contributed by atoms with Gasteiger partial charge < -0.3 is 15.0 Å². The molecule has 1 N–H and O–H groups in total. The van der Waals surface area contributed by atoms with Crippen molar-refractivity contribution in [2.24, 2.45) is 4.99 Å². The number of amidine groups is 1. The number of aliphatic imine (C=N–C) groups is 1.